The third-order valence-corrected chi connectivity index (χ3v) is 5.27. The molecule has 8 nitrogen and oxygen atoms in total. The fourth-order valence-electron chi connectivity index (χ4n) is 3.80. The van der Waals surface area contributed by atoms with Crippen LogP contribution in [0.25, 0.3) is 0 Å². The third kappa shape index (κ3) is 3.73. The molecule has 2 fully saturated rings. The van der Waals surface area contributed by atoms with Gasteiger partial charge >= 0.3 is 17.8 Å². The molecule has 3 rings (SSSR count). The highest BCUT2D eigenvalue weighted by Crippen LogP contribution is 2.22. The molecule has 2 aliphatic rings. The quantitative estimate of drug-likeness (QED) is 0.404. The van der Waals surface area contributed by atoms with E-state index in [1.165, 1.54) is 0 Å². The molecule has 0 saturated carbocycles. The van der Waals surface area contributed by atoms with Crippen molar-refractivity contribution in [3.05, 3.63) is 23.0 Å². The molecule has 0 radical (unpaired) electrons. The van der Waals surface area contributed by atoms with E-state index in [0.717, 1.165) is 40.6 Å². The highest BCUT2D eigenvalue weighted by atomic mass is 16.5. The lowest BCUT2D eigenvalue weighted by Crippen LogP contribution is -2.38. The van der Waals surface area contributed by atoms with E-state index in [4.69, 9.17) is 4.74 Å². The molecule has 1 atom stereocenters. The van der Waals surface area contributed by atoms with Gasteiger partial charge in [-0.05, 0) is 38.7 Å². The van der Waals surface area contributed by atoms with E-state index in [1.807, 2.05) is 32.3 Å². The van der Waals surface area contributed by atoms with Gasteiger partial charge in [0.1, 0.15) is 0 Å². The Morgan fingerprint density at radius 3 is 2.46 bits per heavy atom. The Morgan fingerprint density at radius 1 is 1.18 bits per heavy atom. The molecule has 28 heavy (non-hydrogen) atoms. The van der Waals surface area contributed by atoms with E-state index in [9.17, 15) is 19.2 Å². The Kier molecular flexibility index (Phi) is 5.69. The van der Waals surface area contributed by atoms with Gasteiger partial charge in [0.15, 0.2) is 5.78 Å². The summed E-state index contributed by atoms with van der Waals surface area (Å²) in [5.41, 5.74) is 2.17. The van der Waals surface area contributed by atoms with Crippen LogP contribution < -0.4 is 0 Å². The Hall–Kier alpha value is -2.48. The van der Waals surface area contributed by atoms with E-state index in [1.54, 1.807) is 6.07 Å². The van der Waals surface area contributed by atoms with Crippen molar-refractivity contribution in [3.8, 4) is 0 Å². The van der Waals surface area contributed by atoms with Crippen molar-refractivity contribution in [3.63, 3.8) is 0 Å². The van der Waals surface area contributed by atoms with Gasteiger partial charge in [-0.25, -0.2) is 9.69 Å². The van der Waals surface area contributed by atoms with E-state index in [2.05, 4.69) is 0 Å². The van der Waals surface area contributed by atoms with Gasteiger partial charge in [0.2, 0.25) is 0 Å². The number of carbonyl (C=O) groups is 4. The van der Waals surface area contributed by atoms with E-state index in [0.29, 0.717) is 12.1 Å². The number of Topliss-reactive ketones (excluding diaryl/α,β-unsaturated/α-hetero) is 1. The SMILES string of the molecule is Cc1cc(C(=O)CN2C(=O)C(=O)N(CC(C)C)C2=O)c(C)n1C[C@H]1CCCO1. The van der Waals surface area contributed by atoms with E-state index >= 15 is 0 Å². The molecular weight excluding hydrogens is 362 g/mol. The molecule has 0 N–H and O–H groups in total. The van der Waals surface area contributed by atoms with Crippen molar-refractivity contribution in [2.45, 2.75) is 53.2 Å². The largest absolute Gasteiger partial charge is 0.376 e. The Morgan fingerprint density at radius 2 is 1.86 bits per heavy atom. The van der Waals surface area contributed by atoms with E-state index < -0.39 is 24.4 Å². The standard InChI is InChI=1S/C20H27N3O5/c1-12(2)9-22-18(25)19(26)23(20(22)27)11-17(24)16-8-13(3)21(14(16)4)10-15-6-5-7-28-15/h8,12,15H,5-7,9-11H2,1-4H3/t15-/m1/s1. The summed E-state index contributed by atoms with van der Waals surface area (Å²) in [6.07, 6.45) is 2.16. The van der Waals surface area contributed by atoms with Crippen LogP contribution in [0.1, 0.15) is 48.4 Å². The molecule has 0 bridgehead atoms. The molecule has 4 amide bonds. The van der Waals surface area contributed by atoms with Crippen molar-refractivity contribution in [1.29, 1.82) is 0 Å². The van der Waals surface area contributed by atoms with E-state index in [-0.39, 0.29) is 24.3 Å². The normalized spacial score (nSPS) is 20.2. The fourth-order valence-corrected chi connectivity index (χ4v) is 3.80. The zero-order valence-electron chi connectivity index (χ0n) is 16.9. The lowest BCUT2D eigenvalue weighted by atomic mass is 10.1. The molecule has 2 aliphatic heterocycles. The highest BCUT2D eigenvalue weighted by molar-refractivity contribution is 6.45. The van der Waals surface area contributed by atoms with Gasteiger partial charge in [-0.1, -0.05) is 13.8 Å². The lowest BCUT2D eigenvalue weighted by molar-refractivity contribution is -0.143. The first-order valence-corrected chi connectivity index (χ1v) is 9.69. The number of imide groups is 2. The van der Waals surface area contributed by atoms with Crippen LogP contribution in [0.4, 0.5) is 4.79 Å². The highest BCUT2D eigenvalue weighted by Gasteiger charge is 2.45. The zero-order valence-corrected chi connectivity index (χ0v) is 16.9. The molecule has 152 valence electrons. The Bertz CT molecular complexity index is 820. The summed E-state index contributed by atoms with van der Waals surface area (Å²) in [5, 5.41) is 0. The maximum absolute atomic E-state index is 12.8. The van der Waals surface area contributed by atoms with Crippen LogP contribution >= 0.6 is 0 Å². The summed E-state index contributed by atoms with van der Waals surface area (Å²) in [6, 6.07) is 1.05. The number of carbonyl (C=O) groups excluding carboxylic acids is 4. The van der Waals surface area contributed by atoms with Crippen LogP contribution in [0.15, 0.2) is 6.07 Å². The van der Waals surface area contributed by atoms with Crippen molar-refractivity contribution >= 4 is 23.6 Å². The van der Waals surface area contributed by atoms with Crippen LogP contribution in [-0.4, -0.2) is 63.8 Å². The van der Waals surface area contributed by atoms with Gasteiger partial charge in [0, 0.05) is 36.6 Å². The molecule has 3 heterocycles. The first kappa shape index (κ1) is 20.3. The van der Waals surface area contributed by atoms with Crippen LogP contribution in [0.5, 0.6) is 0 Å². The predicted octanol–water partition coefficient (Wildman–Crippen LogP) is 1.91. The summed E-state index contributed by atoms with van der Waals surface area (Å²) < 4.78 is 7.72. The average molecular weight is 389 g/mol. The topological polar surface area (TPSA) is 88.9 Å². The minimum Gasteiger partial charge on any atom is -0.376 e. The van der Waals surface area contributed by atoms with Gasteiger partial charge in [0.05, 0.1) is 12.6 Å². The van der Waals surface area contributed by atoms with Crippen LogP contribution in [-0.2, 0) is 20.9 Å². The minimum absolute atomic E-state index is 0.0353. The smallest absolute Gasteiger partial charge is 0.334 e. The number of hydrogen-bond donors (Lipinski definition) is 0. The second-order valence-electron chi connectivity index (χ2n) is 7.94. The number of aryl methyl sites for hydroxylation is 1. The maximum atomic E-state index is 12.8. The van der Waals surface area contributed by atoms with Gasteiger partial charge in [-0.3, -0.25) is 19.3 Å². The van der Waals surface area contributed by atoms with Crippen molar-refractivity contribution in [1.82, 2.24) is 14.4 Å². The third-order valence-electron chi connectivity index (χ3n) is 5.27. The van der Waals surface area contributed by atoms with Gasteiger partial charge in [-0.15, -0.1) is 0 Å². The summed E-state index contributed by atoms with van der Waals surface area (Å²) in [7, 11) is 0. The summed E-state index contributed by atoms with van der Waals surface area (Å²) in [6.45, 7) is 8.62. The van der Waals surface area contributed by atoms with Crippen molar-refractivity contribution in [2.75, 3.05) is 19.7 Å². The molecular formula is C20H27N3O5. The number of nitrogens with zero attached hydrogens (tertiary/aromatic N) is 3. The van der Waals surface area contributed by atoms with Crippen molar-refractivity contribution < 1.29 is 23.9 Å². The number of ether oxygens (including phenoxy) is 1. The number of ketones is 1. The van der Waals surface area contributed by atoms with Gasteiger partial charge < -0.3 is 9.30 Å². The Balaban J connectivity index is 1.75. The second kappa shape index (κ2) is 7.87. The molecule has 1 aromatic heterocycles. The van der Waals surface area contributed by atoms with Crippen LogP contribution in [0.2, 0.25) is 0 Å². The monoisotopic (exact) mass is 389 g/mol. The molecule has 8 heteroatoms. The van der Waals surface area contributed by atoms with Crippen LogP contribution in [0.3, 0.4) is 0 Å². The van der Waals surface area contributed by atoms with Gasteiger partial charge in [0.25, 0.3) is 0 Å². The molecule has 2 saturated heterocycles. The first-order valence-electron chi connectivity index (χ1n) is 9.69. The predicted molar refractivity (Wildman–Crippen MR) is 101 cm³/mol. The lowest BCUT2D eigenvalue weighted by Gasteiger charge is -2.17. The number of rotatable bonds is 7. The summed E-state index contributed by atoms with van der Waals surface area (Å²) in [5.74, 6) is -2.12. The molecule has 1 aromatic rings. The average Bonchev–Trinajstić information content (AvgIpc) is 3.30. The van der Waals surface area contributed by atoms with Crippen LogP contribution in [0, 0.1) is 19.8 Å². The number of hydrogen-bond acceptors (Lipinski definition) is 5. The fraction of sp³-hybridized carbons (Fsp3) is 0.600. The molecule has 0 aliphatic carbocycles. The molecule has 0 spiro atoms. The maximum Gasteiger partial charge on any atom is 0.334 e. The second-order valence-corrected chi connectivity index (χ2v) is 7.94. The van der Waals surface area contributed by atoms with Crippen molar-refractivity contribution in [2.24, 2.45) is 5.92 Å². The summed E-state index contributed by atoms with van der Waals surface area (Å²) in [4.78, 5) is 51.2. The molecule has 0 aromatic carbocycles. The number of amides is 4. The summed E-state index contributed by atoms with van der Waals surface area (Å²) >= 11 is 0. The Labute approximate surface area is 164 Å². The number of urea groups is 1. The first-order chi connectivity index (χ1) is 13.2. The number of aromatic nitrogens is 1. The minimum atomic E-state index is -0.938. The van der Waals surface area contributed by atoms with Gasteiger partial charge in [-0.2, -0.15) is 0 Å². The molecule has 0 unspecified atom stereocenters. The zero-order chi connectivity index (χ0) is 20.6.